The van der Waals surface area contributed by atoms with E-state index in [9.17, 15) is 0 Å². The second-order valence-electron chi connectivity index (χ2n) is 13.4. The van der Waals surface area contributed by atoms with Gasteiger partial charge >= 0.3 is 0 Å². The number of ether oxygens (including phenoxy) is 1. The third-order valence-corrected chi connectivity index (χ3v) is 10.4. The Kier molecular flexibility index (Phi) is 5.83. The van der Waals surface area contributed by atoms with Crippen molar-refractivity contribution in [2.75, 3.05) is 0 Å². The Morgan fingerprint density at radius 2 is 0.938 bits per heavy atom. The zero-order chi connectivity index (χ0) is 31.9. The number of rotatable bonds is 3. The molecular formula is C47H32O. The third kappa shape index (κ3) is 4.11. The highest BCUT2D eigenvalue weighted by Crippen LogP contribution is 2.50. The van der Waals surface area contributed by atoms with Crippen LogP contribution in [0.3, 0.4) is 0 Å². The molecule has 8 aromatic rings. The molecule has 0 saturated carbocycles. The van der Waals surface area contributed by atoms with Crippen LogP contribution >= 0.6 is 0 Å². The van der Waals surface area contributed by atoms with Crippen LogP contribution in [0.4, 0.5) is 0 Å². The molecule has 0 bridgehead atoms. The second kappa shape index (κ2) is 10.3. The van der Waals surface area contributed by atoms with Crippen LogP contribution in [-0.4, -0.2) is 0 Å². The quantitative estimate of drug-likeness (QED) is 0.193. The predicted octanol–water partition coefficient (Wildman–Crippen LogP) is 13.0. The van der Waals surface area contributed by atoms with E-state index in [4.69, 9.17) is 4.74 Å². The maximum absolute atomic E-state index is 6.63. The van der Waals surface area contributed by atoms with E-state index in [2.05, 4.69) is 159 Å². The van der Waals surface area contributed by atoms with Crippen LogP contribution in [0.5, 0.6) is 11.5 Å². The fourth-order valence-corrected chi connectivity index (χ4v) is 8.08. The predicted molar refractivity (Wildman–Crippen MR) is 201 cm³/mol. The minimum absolute atomic E-state index is 0.902. The van der Waals surface area contributed by atoms with Crippen LogP contribution in [0.15, 0.2) is 146 Å². The fourth-order valence-electron chi connectivity index (χ4n) is 8.08. The molecule has 226 valence electrons. The van der Waals surface area contributed by atoms with Gasteiger partial charge in [0.25, 0.3) is 0 Å². The summed E-state index contributed by atoms with van der Waals surface area (Å²) in [4.78, 5) is 0. The number of fused-ring (bicyclic) bond motifs is 4. The molecule has 1 heteroatoms. The topological polar surface area (TPSA) is 9.23 Å². The van der Waals surface area contributed by atoms with Crippen LogP contribution in [0.25, 0.3) is 77.2 Å². The molecule has 0 atom stereocenters. The molecule has 0 spiro atoms. The summed E-state index contributed by atoms with van der Waals surface area (Å²) in [7, 11) is 0. The maximum Gasteiger partial charge on any atom is 0.135 e. The summed E-state index contributed by atoms with van der Waals surface area (Å²) < 4.78 is 6.63. The SMILES string of the molecule is Cc1ccc(-c2ccc3c4c(cccc24)Oc2cc(-c4ccc(-c5ccc6c7c(cccc57)Cc5cc(C)ccc5-6)cc4)ccc2-3)cc1. The van der Waals surface area contributed by atoms with Crippen molar-refractivity contribution in [1.82, 2.24) is 0 Å². The zero-order valence-electron chi connectivity index (χ0n) is 27.0. The van der Waals surface area contributed by atoms with Crippen LogP contribution in [-0.2, 0) is 6.42 Å². The molecule has 0 saturated heterocycles. The highest BCUT2D eigenvalue weighted by atomic mass is 16.5. The van der Waals surface area contributed by atoms with E-state index >= 15 is 0 Å². The number of aryl methyl sites for hydroxylation is 2. The summed E-state index contributed by atoms with van der Waals surface area (Å²) >= 11 is 0. The molecule has 2 aliphatic rings. The largest absolute Gasteiger partial charge is 0.456 e. The van der Waals surface area contributed by atoms with Gasteiger partial charge in [0.15, 0.2) is 0 Å². The van der Waals surface area contributed by atoms with Crippen molar-refractivity contribution in [3.63, 3.8) is 0 Å². The monoisotopic (exact) mass is 612 g/mol. The van der Waals surface area contributed by atoms with Gasteiger partial charge < -0.3 is 4.74 Å². The molecule has 0 radical (unpaired) electrons. The zero-order valence-corrected chi connectivity index (χ0v) is 27.0. The van der Waals surface area contributed by atoms with Crippen LogP contribution < -0.4 is 4.74 Å². The van der Waals surface area contributed by atoms with E-state index in [-0.39, 0.29) is 0 Å². The smallest absolute Gasteiger partial charge is 0.135 e. The van der Waals surface area contributed by atoms with Crippen molar-refractivity contribution in [2.45, 2.75) is 20.3 Å². The Labute approximate surface area is 280 Å². The summed E-state index contributed by atoms with van der Waals surface area (Å²) in [5.41, 5.74) is 17.8. The van der Waals surface area contributed by atoms with Gasteiger partial charge in [0.05, 0.1) is 0 Å². The molecule has 1 nitrogen and oxygen atoms in total. The van der Waals surface area contributed by atoms with E-state index in [0.29, 0.717) is 0 Å². The van der Waals surface area contributed by atoms with Gasteiger partial charge in [-0.05, 0) is 116 Å². The standard InChI is InChI=1S/C47H32O/c1-28-9-12-31(13-10-28)37-22-24-43-39-20-18-33(27-45(39)48-44-8-4-7-41(37)47(43)44)30-14-16-32(17-15-30)36-21-23-42-38-19-11-29(2)25-35(38)26-34-5-3-6-40(36)46(34)42/h3-25,27H,26H2,1-2H3. The van der Waals surface area contributed by atoms with E-state index in [0.717, 1.165) is 29.0 Å². The van der Waals surface area contributed by atoms with E-state index in [1.807, 2.05) is 0 Å². The van der Waals surface area contributed by atoms with Gasteiger partial charge in [0.1, 0.15) is 11.5 Å². The lowest BCUT2D eigenvalue weighted by molar-refractivity contribution is 0.487. The van der Waals surface area contributed by atoms with Crippen molar-refractivity contribution < 1.29 is 4.74 Å². The lowest BCUT2D eigenvalue weighted by atomic mass is 9.81. The van der Waals surface area contributed by atoms with Crippen molar-refractivity contribution in [2.24, 2.45) is 0 Å². The van der Waals surface area contributed by atoms with Crippen LogP contribution in [0, 0.1) is 13.8 Å². The van der Waals surface area contributed by atoms with Gasteiger partial charge in [-0.1, -0.05) is 139 Å². The first-order valence-electron chi connectivity index (χ1n) is 16.8. The second-order valence-corrected chi connectivity index (χ2v) is 13.4. The molecule has 0 unspecified atom stereocenters. The summed E-state index contributed by atoms with van der Waals surface area (Å²) in [5, 5.41) is 5.12. The molecular weight excluding hydrogens is 581 g/mol. The normalized spacial score (nSPS) is 12.5. The molecule has 1 heterocycles. The molecule has 1 aliphatic carbocycles. The maximum atomic E-state index is 6.63. The van der Waals surface area contributed by atoms with Crippen LogP contribution in [0.2, 0.25) is 0 Å². The number of hydrogen-bond acceptors (Lipinski definition) is 1. The molecule has 0 amide bonds. The Hall–Kier alpha value is -5.92. The van der Waals surface area contributed by atoms with E-state index in [1.165, 1.54) is 88.3 Å². The third-order valence-electron chi connectivity index (χ3n) is 10.4. The van der Waals surface area contributed by atoms with Gasteiger partial charge in [0, 0.05) is 10.9 Å². The molecule has 8 aromatic carbocycles. The average Bonchev–Trinajstić information content (AvgIpc) is 3.12. The minimum Gasteiger partial charge on any atom is -0.456 e. The lowest BCUT2D eigenvalue weighted by Gasteiger charge is -2.23. The Morgan fingerprint density at radius 1 is 0.375 bits per heavy atom. The first kappa shape index (κ1) is 27.2. The number of hydrogen-bond donors (Lipinski definition) is 0. The molecule has 10 rings (SSSR count). The Bertz CT molecular complexity index is 2610. The Morgan fingerprint density at radius 3 is 1.71 bits per heavy atom. The first-order chi connectivity index (χ1) is 23.6. The fraction of sp³-hybridized carbons (Fsp3) is 0.0638. The molecule has 0 fully saturated rings. The summed E-state index contributed by atoms with van der Waals surface area (Å²) in [6, 6.07) is 53.7. The van der Waals surface area contributed by atoms with E-state index < -0.39 is 0 Å². The highest BCUT2D eigenvalue weighted by Gasteiger charge is 2.23. The molecule has 0 aromatic heterocycles. The summed E-state index contributed by atoms with van der Waals surface area (Å²) in [6.45, 7) is 4.31. The minimum atomic E-state index is 0.902. The van der Waals surface area contributed by atoms with E-state index in [1.54, 1.807) is 0 Å². The van der Waals surface area contributed by atoms with Crippen molar-refractivity contribution in [3.05, 3.63) is 168 Å². The van der Waals surface area contributed by atoms with Gasteiger partial charge in [-0.2, -0.15) is 0 Å². The van der Waals surface area contributed by atoms with Gasteiger partial charge in [-0.25, -0.2) is 0 Å². The van der Waals surface area contributed by atoms with Gasteiger partial charge in [-0.3, -0.25) is 0 Å². The van der Waals surface area contributed by atoms with Gasteiger partial charge in [0.2, 0.25) is 0 Å². The van der Waals surface area contributed by atoms with Crippen molar-refractivity contribution in [1.29, 1.82) is 0 Å². The molecule has 1 aliphatic heterocycles. The average molecular weight is 613 g/mol. The lowest BCUT2D eigenvalue weighted by Crippen LogP contribution is -2.02. The van der Waals surface area contributed by atoms with Crippen LogP contribution in [0.1, 0.15) is 22.3 Å². The highest BCUT2D eigenvalue weighted by molar-refractivity contribution is 6.11. The Balaban J connectivity index is 1.01. The molecule has 48 heavy (non-hydrogen) atoms. The van der Waals surface area contributed by atoms with Gasteiger partial charge in [-0.15, -0.1) is 0 Å². The summed E-state index contributed by atoms with van der Waals surface area (Å²) in [6.07, 6.45) is 0.983. The van der Waals surface area contributed by atoms with Crippen molar-refractivity contribution in [3.8, 4) is 67.1 Å². The number of benzene rings is 8. The molecule has 0 N–H and O–H groups in total. The van der Waals surface area contributed by atoms with Crippen molar-refractivity contribution >= 4 is 21.5 Å². The first-order valence-corrected chi connectivity index (χ1v) is 16.8. The summed E-state index contributed by atoms with van der Waals surface area (Å²) in [5.74, 6) is 1.82.